The topological polar surface area (TPSA) is 46.2 Å². The quantitative estimate of drug-likeness (QED) is 0.102. The van der Waals surface area contributed by atoms with Crippen LogP contribution in [0.15, 0.2) is 206 Å². The van der Waals surface area contributed by atoms with Crippen molar-refractivity contribution >= 4 is 21.5 Å². The fourth-order valence-corrected chi connectivity index (χ4v) is 11.6. The monoisotopic (exact) mass is 966 g/mol. The van der Waals surface area contributed by atoms with Gasteiger partial charge in [-0.1, -0.05) is 169 Å². The van der Waals surface area contributed by atoms with Gasteiger partial charge in [0.1, 0.15) is 37.9 Å². The highest BCUT2D eigenvalue weighted by Gasteiger charge is 2.47. The Kier molecular flexibility index (Phi) is 11.8. The molecule has 0 spiro atoms. The Morgan fingerprint density at radius 3 is 0.880 bits per heavy atom. The summed E-state index contributed by atoms with van der Waals surface area (Å²) in [5.74, 6) is 13.8. The van der Waals surface area contributed by atoms with Crippen molar-refractivity contribution in [2.75, 3.05) is 26.4 Å². The van der Waals surface area contributed by atoms with Gasteiger partial charge in [-0.25, -0.2) is 0 Å². The van der Waals surface area contributed by atoms with E-state index in [9.17, 15) is 0 Å². The number of hydrogen-bond donors (Lipinski definition) is 0. The minimum Gasteiger partial charge on any atom is -0.477 e. The van der Waals surface area contributed by atoms with E-state index in [1.807, 2.05) is 24.3 Å². The lowest BCUT2D eigenvalue weighted by Gasteiger charge is -2.34. The minimum atomic E-state index is -0.667. The van der Waals surface area contributed by atoms with E-state index in [1.165, 1.54) is 44.5 Å². The van der Waals surface area contributed by atoms with Crippen LogP contribution in [0.2, 0.25) is 0 Å². The lowest BCUT2D eigenvalue weighted by Crippen LogP contribution is -2.28. The SMILES string of the molecule is C#CCOc1cc2ccc(C3(c4ccc(Oc5ccc(C6(c7ccc8cc(OCC#C)c(OCC#C)cc8c7)c7ccccc7-c7ccccc76)cc5)cc4)c4ccccc4-c4ccccc43)cc2cc1OCC#C. The Balaban J connectivity index is 0.934. The highest BCUT2D eigenvalue weighted by Crippen LogP contribution is 2.58. The molecule has 0 fully saturated rings. The van der Waals surface area contributed by atoms with Crippen LogP contribution in [0.5, 0.6) is 34.5 Å². The van der Waals surface area contributed by atoms with E-state index in [2.05, 4.69) is 206 Å². The van der Waals surface area contributed by atoms with Crippen LogP contribution in [0, 0.1) is 49.4 Å². The lowest BCUT2D eigenvalue weighted by atomic mass is 9.67. The molecule has 0 atom stereocenters. The first-order valence-electron chi connectivity index (χ1n) is 24.7. The van der Waals surface area contributed by atoms with Crippen LogP contribution in [-0.4, -0.2) is 26.4 Å². The molecule has 356 valence electrons. The first-order valence-corrected chi connectivity index (χ1v) is 24.7. The van der Waals surface area contributed by atoms with Crippen molar-refractivity contribution in [3.63, 3.8) is 0 Å². The van der Waals surface area contributed by atoms with Gasteiger partial charge in [0.15, 0.2) is 23.0 Å². The fourth-order valence-electron chi connectivity index (χ4n) is 11.6. The summed E-state index contributed by atoms with van der Waals surface area (Å²) in [7, 11) is 0. The largest absolute Gasteiger partial charge is 0.477 e. The Morgan fingerprint density at radius 2 is 0.573 bits per heavy atom. The van der Waals surface area contributed by atoms with Gasteiger partial charge in [0.2, 0.25) is 0 Å². The van der Waals surface area contributed by atoms with Gasteiger partial charge in [0.05, 0.1) is 10.8 Å². The molecule has 12 rings (SSSR count). The molecule has 0 amide bonds. The molecule has 0 N–H and O–H groups in total. The Labute approximate surface area is 437 Å². The van der Waals surface area contributed by atoms with Crippen LogP contribution >= 0.6 is 0 Å². The van der Waals surface area contributed by atoms with Gasteiger partial charge in [-0.15, -0.1) is 25.7 Å². The molecule has 0 radical (unpaired) electrons. The molecule has 2 aliphatic carbocycles. The predicted molar refractivity (Wildman–Crippen MR) is 300 cm³/mol. The van der Waals surface area contributed by atoms with Gasteiger partial charge in [0.25, 0.3) is 0 Å². The molecule has 0 aromatic heterocycles. The predicted octanol–water partition coefficient (Wildman–Crippen LogP) is 14.6. The normalized spacial score (nSPS) is 12.9. The van der Waals surface area contributed by atoms with Gasteiger partial charge >= 0.3 is 0 Å². The second-order valence-electron chi connectivity index (χ2n) is 18.5. The maximum Gasteiger partial charge on any atom is 0.163 e. The molecule has 0 bridgehead atoms. The summed E-state index contributed by atoms with van der Waals surface area (Å²) in [5.41, 5.74) is 12.6. The zero-order valence-corrected chi connectivity index (χ0v) is 40.8. The van der Waals surface area contributed by atoms with Crippen LogP contribution in [-0.2, 0) is 10.8 Å². The van der Waals surface area contributed by atoms with Crippen molar-refractivity contribution in [1.82, 2.24) is 0 Å². The molecule has 0 heterocycles. The average molecular weight is 967 g/mol. The van der Waals surface area contributed by atoms with Crippen LogP contribution in [0.4, 0.5) is 0 Å². The molecule has 5 heteroatoms. The first kappa shape index (κ1) is 46.1. The van der Waals surface area contributed by atoms with Crippen LogP contribution in [0.3, 0.4) is 0 Å². The molecule has 0 saturated carbocycles. The van der Waals surface area contributed by atoms with Crippen molar-refractivity contribution in [2.45, 2.75) is 10.8 Å². The Bertz CT molecular complexity index is 3690. The number of fused-ring (bicyclic) bond motifs is 8. The van der Waals surface area contributed by atoms with Crippen molar-refractivity contribution in [2.24, 2.45) is 0 Å². The van der Waals surface area contributed by atoms with E-state index < -0.39 is 10.8 Å². The van der Waals surface area contributed by atoms with E-state index in [-0.39, 0.29) is 26.4 Å². The van der Waals surface area contributed by atoms with Gasteiger partial charge in [0, 0.05) is 0 Å². The molecule has 0 aliphatic heterocycles. The van der Waals surface area contributed by atoms with E-state index >= 15 is 0 Å². The average Bonchev–Trinajstić information content (AvgIpc) is 3.94. The molecule has 0 saturated heterocycles. The zero-order chi connectivity index (χ0) is 50.9. The second-order valence-corrected chi connectivity index (χ2v) is 18.5. The summed E-state index contributed by atoms with van der Waals surface area (Å²) in [6, 6.07) is 72.9. The van der Waals surface area contributed by atoms with E-state index in [4.69, 9.17) is 49.4 Å². The summed E-state index contributed by atoms with van der Waals surface area (Å²) in [6.07, 6.45) is 22.4. The molecule has 10 aromatic rings. The summed E-state index contributed by atoms with van der Waals surface area (Å²) in [6.45, 7) is 0.396. The second kappa shape index (κ2) is 19.2. The first-order chi connectivity index (χ1) is 37.0. The number of hydrogen-bond acceptors (Lipinski definition) is 5. The number of benzene rings is 10. The molecular formula is C70H46O5. The fraction of sp³-hybridized carbons (Fsp3) is 0.0857. The van der Waals surface area contributed by atoms with Gasteiger partial charge in [-0.05, 0) is 149 Å². The third-order valence-electron chi connectivity index (χ3n) is 14.6. The lowest BCUT2D eigenvalue weighted by molar-refractivity contribution is 0.315. The highest BCUT2D eigenvalue weighted by molar-refractivity contribution is 5.93. The van der Waals surface area contributed by atoms with E-state index in [1.54, 1.807) is 0 Å². The summed E-state index contributed by atoms with van der Waals surface area (Å²) >= 11 is 0. The van der Waals surface area contributed by atoms with E-state index in [0.717, 1.165) is 43.8 Å². The molecular weight excluding hydrogens is 921 g/mol. The smallest absolute Gasteiger partial charge is 0.163 e. The highest BCUT2D eigenvalue weighted by atomic mass is 16.5. The third kappa shape index (κ3) is 7.58. The van der Waals surface area contributed by atoms with Crippen LogP contribution < -0.4 is 23.7 Å². The number of terminal acetylenes is 4. The third-order valence-corrected chi connectivity index (χ3v) is 14.6. The Morgan fingerprint density at radius 1 is 0.293 bits per heavy atom. The summed E-state index contributed by atoms with van der Waals surface area (Å²) < 4.78 is 30.6. The van der Waals surface area contributed by atoms with Crippen molar-refractivity contribution < 1.29 is 23.7 Å². The van der Waals surface area contributed by atoms with Crippen LogP contribution in [0.1, 0.15) is 44.5 Å². The zero-order valence-electron chi connectivity index (χ0n) is 40.8. The summed E-state index contributed by atoms with van der Waals surface area (Å²) in [4.78, 5) is 0. The molecule has 10 aromatic carbocycles. The van der Waals surface area contributed by atoms with Crippen molar-refractivity contribution in [3.05, 3.63) is 251 Å². The standard InChI is InChI=1S/C70H46O5/c1-5-37-71-65-43-47-25-27-53(41-49(47)45-67(65)73-39-7-3)69(61-21-13-9-17-57(61)58-18-10-14-22-62(58)69)51-29-33-55(34-30-51)75-56-35-31-52(32-36-56)70(63-23-15-11-19-59(63)60-20-12-16-24-64(60)70)54-28-26-48-44-66(72-38-6-2)68(74-40-8-4)46-50(48)42-54/h1-4,9-36,41-46H,37-40H2. The maximum atomic E-state index is 6.75. The molecule has 5 nitrogen and oxygen atoms in total. The maximum absolute atomic E-state index is 6.75. The van der Waals surface area contributed by atoms with Crippen molar-refractivity contribution in [3.8, 4) is 106 Å². The number of ether oxygens (including phenoxy) is 5. The minimum absolute atomic E-state index is 0.0922. The van der Waals surface area contributed by atoms with Gasteiger partial charge in [-0.2, -0.15) is 0 Å². The van der Waals surface area contributed by atoms with Gasteiger partial charge < -0.3 is 23.7 Å². The number of rotatable bonds is 14. The van der Waals surface area contributed by atoms with Gasteiger partial charge in [-0.3, -0.25) is 0 Å². The molecule has 75 heavy (non-hydrogen) atoms. The molecule has 2 aliphatic rings. The Hall–Kier alpha value is -10.0. The van der Waals surface area contributed by atoms with Crippen molar-refractivity contribution in [1.29, 1.82) is 0 Å². The summed E-state index contributed by atoms with van der Waals surface area (Å²) in [5, 5.41) is 3.92. The van der Waals surface area contributed by atoms with E-state index in [0.29, 0.717) is 34.5 Å². The van der Waals surface area contributed by atoms with Crippen LogP contribution in [0.25, 0.3) is 43.8 Å². The molecule has 0 unspecified atom stereocenters.